The summed E-state index contributed by atoms with van der Waals surface area (Å²) >= 11 is 0. The molecule has 1 aliphatic heterocycles. The minimum Gasteiger partial charge on any atom is -0.378 e. The van der Waals surface area contributed by atoms with Crippen LogP contribution < -0.4 is 0 Å². The highest BCUT2D eigenvalue weighted by molar-refractivity contribution is 5.91. The Labute approximate surface area is 121 Å². The van der Waals surface area contributed by atoms with Crippen molar-refractivity contribution < 1.29 is 13.9 Å². The molecule has 1 aromatic heterocycles. The molecule has 2 heterocycles. The number of hydrogen-bond acceptors (Lipinski definition) is 4. The maximum Gasteiger partial charge on any atom is 0.276 e. The number of rotatable bonds is 3. The number of aromatic nitrogens is 3. The van der Waals surface area contributed by atoms with Crippen molar-refractivity contribution in [2.24, 2.45) is 0 Å². The molecule has 0 radical (unpaired) electrons. The van der Waals surface area contributed by atoms with Crippen LogP contribution in [0.1, 0.15) is 16.1 Å². The van der Waals surface area contributed by atoms with Gasteiger partial charge in [0.2, 0.25) is 0 Å². The lowest BCUT2D eigenvalue weighted by atomic mass is 10.2. The van der Waals surface area contributed by atoms with Gasteiger partial charge < -0.3 is 9.64 Å². The Morgan fingerprint density at radius 2 is 2.05 bits per heavy atom. The van der Waals surface area contributed by atoms with Crippen LogP contribution in [-0.4, -0.2) is 52.1 Å². The fraction of sp³-hybridized carbons (Fsp3) is 0.357. The first kappa shape index (κ1) is 13.7. The van der Waals surface area contributed by atoms with Crippen LogP contribution in [0.4, 0.5) is 4.39 Å². The molecule has 0 unspecified atom stereocenters. The van der Waals surface area contributed by atoms with E-state index < -0.39 is 0 Å². The van der Waals surface area contributed by atoms with E-state index in [1.807, 2.05) is 0 Å². The maximum absolute atomic E-state index is 13.6. The second kappa shape index (κ2) is 6.01. The van der Waals surface area contributed by atoms with E-state index in [9.17, 15) is 9.18 Å². The fourth-order valence-corrected chi connectivity index (χ4v) is 2.20. The van der Waals surface area contributed by atoms with Crippen molar-refractivity contribution in [2.45, 2.75) is 6.54 Å². The zero-order valence-electron chi connectivity index (χ0n) is 11.4. The zero-order chi connectivity index (χ0) is 14.7. The van der Waals surface area contributed by atoms with Gasteiger partial charge in [0, 0.05) is 18.7 Å². The molecule has 110 valence electrons. The molecule has 21 heavy (non-hydrogen) atoms. The van der Waals surface area contributed by atoms with Gasteiger partial charge in [0.05, 0.1) is 26.0 Å². The van der Waals surface area contributed by atoms with Gasteiger partial charge in [-0.2, -0.15) is 0 Å². The number of nitrogens with zero attached hydrogens (tertiary/aromatic N) is 4. The molecular weight excluding hydrogens is 275 g/mol. The third-order valence-electron chi connectivity index (χ3n) is 3.35. The molecule has 1 aromatic carbocycles. The maximum atomic E-state index is 13.6. The van der Waals surface area contributed by atoms with E-state index in [1.165, 1.54) is 10.7 Å². The molecule has 7 heteroatoms. The molecule has 6 nitrogen and oxygen atoms in total. The molecular formula is C14H15FN4O2. The Bertz CT molecular complexity index is 637. The van der Waals surface area contributed by atoms with Crippen molar-refractivity contribution in [1.82, 2.24) is 19.9 Å². The van der Waals surface area contributed by atoms with Gasteiger partial charge in [0.15, 0.2) is 5.69 Å². The number of amides is 1. The van der Waals surface area contributed by atoms with Crippen LogP contribution in [-0.2, 0) is 11.3 Å². The summed E-state index contributed by atoms with van der Waals surface area (Å²) in [7, 11) is 0. The van der Waals surface area contributed by atoms with Gasteiger partial charge in [-0.05, 0) is 6.07 Å². The average Bonchev–Trinajstić information content (AvgIpc) is 2.98. The largest absolute Gasteiger partial charge is 0.378 e. The Morgan fingerprint density at radius 1 is 1.29 bits per heavy atom. The fourth-order valence-electron chi connectivity index (χ4n) is 2.20. The van der Waals surface area contributed by atoms with Gasteiger partial charge in [-0.25, -0.2) is 9.07 Å². The molecule has 1 aliphatic rings. The van der Waals surface area contributed by atoms with Crippen molar-refractivity contribution in [3.05, 3.63) is 47.5 Å². The standard InChI is InChI=1S/C14H15FN4O2/c15-12-4-2-1-3-11(12)9-19-10-13(16-17-19)14(20)18-5-7-21-8-6-18/h1-4,10H,5-9H2. The number of halogens is 1. The van der Waals surface area contributed by atoms with Crippen LogP contribution in [0.5, 0.6) is 0 Å². The summed E-state index contributed by atoms with van der Waals surface area (Å²) in [6.45, 7) is 2.43. The molecule has 0 atom stereocenters. The zero-order valence-corrected chi connectivity index (χ0v) is 11.4. The van der Waals surface area contributed by atoms with Crippen LogP contribution >= 0.6 is 0 Å². The summed E-state index contributed by atoms with van der Waals surface area (Å²) in [4.78, 5) is 13.9. The molecule has 0 spiro atoms. The molecule has 0 aliphatic carbocycles. The number of ether oxygens (including phenoxy) is 1. The van der Waals surface area contributed by atoms with Gasteiger partial charge >= 0.3 is 0 Å². The SMILES string of the molecule is O=C(c1cn(Cc2ccccc2F)nn1)N1CCOCC1. The highest BCUT2D eigenvalue weighted by Crippen LogP contribution is 2.09. The summed E-state index contributed by atoms with van der Waals surface area (Å²) < 4.78 is 20.3. The van der Waals surface area contributed by atoms with Crippen molar-refractivity contribution in [2.75, 3.05) is 26.3 Å². The molecule has 1 amide bonds. The quantitative estimate of drug-likeness (QED) is 0.844. The molecule has 1 fully saturated rings. The predicted molar refractivity (Wildman–Crippen MR) is 72.2 cm³/mol. The number of carbonyl (C=O) groups is 1. The van der Waals surface area contributed by atoms with E-state index in [0.29, 0.717) is 31.9 Å². The molecule has 3 rings (SSSR count). The predicted octanol–water partition coefficient (Wildman–Crippen LogP) is 0.938. The van der Waals surface area contributed by atoms with Gasteiger partial charge in [0.1, 0.15) is 5.82 Å². The van der Waals surface area contributed by atoms with E-state index in [-0.39, 0.29) is 24.0 Å². The first-order valence-corrected chi connectivity index (χ1v) is 6.74. The minimum atomic E-state index is -0.297. The third-order valence-corrected chi connectivity index (χ3v) is 3.35. The lowest BCUT2D eigenvalue weighted by Crippen LogP contribution is -2.40. The van der Waals surface area contributed by atoms with E-state index in [4.69, 9.17) is 4.74 Å². The Balaban J connectivity index is 1.71. The lowest BCUT2D eigenvalue weighted by Gasteiger charge is -2.25. The van der Waals surface area contributed by atoms with Gasteiger partial charge in [-0.1, -0.05) is 23.4 Å². The van der Waals surface area contributed by atoms with Gasteiger partial charge in [-0.3, -0.25) is 4.79 Å². The lowest BCUT2D eigenvalue weighted by molar-refractivity contribution is 0.0299. The molecule has 0 saturated carbocycles. The van der Waals surface area contributed by atoms with Crippen LogP contribution in [0.25, 0.3) is 0 Å². The van der Waals surface area contributed by atoms with Crippen molar-refractivity contribution in [1.29, 1.82) is 0 Å². The average molecular weight is 290 g/mol. The number of morpholine rings is 1. The summed E-state index contributed by atoms with van der Waals surface area (Å²) in [5, 5.41) is 7.77. The third kappa shape index (κ3) is 3.08. The van der Waals surface area contributed by atoms with Gasteiger partial charge in [-0.15, -0.1) is 5.10 Å². The molecule has 1 saturated heterocycles. The summed E-state index contributed by atoms with van der Waals surface area (Å²) in [6.07, 6.45) is 1.55. The number of hydrogen-bond donors (Lipinski definition) is 0. The van der Waals surface area contributed by atoms with Crippen molar-refractivity contribution in [3.63, 3.8) is 0 Å². The van der Waals surface area contributed by atoms with Crippen LogP contribution in [0, 0.1) is 5.82 Å². The van der Waals surface area contributed by atoms with Crippen LogP contribution in [0.15, 0.2) is 30.5 Å². The van der Waals surface area contributed by atoms with E-state index in [2.05, 4.69) is 10.3 Å². The van der Waals surface area contributed by atoms with E-state index in [0.717, 1.165) is 0 Å². The highest BCUT2D eigenvalue weighted by Gasteiger charge is 2.21. The van der Waals surface area contributed by atoms with Gasteiger partial charge in [0.25, 0.3) is 5.91 Å². The van der Waals surface area contributed by atoms with E-state index >= 15 is 0 Å². The highest BCUT2D eigenvalue weighted by atomic mass is 19.1. The number of carbonyl (C=O) groups excluding carboxylic acids is 1. The summed E-state index contributed by atoms with van der Waals surface area (Å²) in [5.41, 5.74) is 0.779. The molecule has 0 N–H and O–H groups in total. The monoisotopic (exact) mass is 290 g/mol. The van der Waals surface area contributed by atoms with Crippen molar-refractivity contribution >= 4 is 5.91 Å². The minimum absolute atomic E-state index is 0.168. The Kier molecular flexibility index (Phi) is 3.92. The topological polar surface area (TPSA) is 60.2 Å². The smallest absolute Gasteiger partial charge is 0.276 e. The number of benzene rings is 1. The normalized spacial score (nSPS) is 15.2. The first-order valence-electron chi connectivity index (χ1n) is 6.74. The molecule has 2 aromatic rings. The van der Waals surface area contributed by atoms with Crippen LogP contribution in [0.3, 0.4) is 0 Å². The first-order chi connectivity index (χ1) is 10.2. The second-order valence-electron chi connectivity index (χ2n) is 4.80. The Hall–Kier alpha value is -2.28. The molecule has 0 bridgehead atoms. The van der Waals surface area contributed by atoms with Crippen LogP contribution in [0.2, 0.25) is 0 Å². The summed E-state index contributed by atoms with van der Waals surface area (Å²) in [5.74, 6) is -0.466. The Morgan fingerprint density at radius 3 is 2.81 bits per heavy atom. The van der Waals surface area contributed by atoms with E-state index in [1.54, 1.807) is 29.3 Å². The second-order valence-corrected chi connectivity index (χ2v) is 4.80. The summed E-state index contributed by atoms with van der Waals surface area (Å²) in [6, 6.07) is 6.47. The van der Waals surface area contributed by atoms with Crippen molar-refractivity contribution in [3.8, 4) is 0 Å².